The molecule has 0 amide bonds. The molecule has 2 rings (SSSR count). The van der Waals surface area contributed by atoms with Crippen molar-refractivity contribution in [2.24, 2.45) is 0 Å². The van der Waals surface area contributed by atoms with Crippen molar-refractivity contribution >= 4 is 23.9 Å². The maximum atomic E-state index is 13.3. The lowest BCUT2D eigenvalue weighted by molar-refractivity contribution is -0.133. The highest BCUT2D eigenvalue weighted by Gasteiger charge is 2.20. The summed E-state index contributed by atoms with van der Waals surface area (Å²) in [5, 5.41) is 0. The average molecular weight is 506 g/mol. The Labute approximate surface area is 200 Å². The van der Waals surface area contributed by atoms with Crippen LogP contribution in [0, 0.1) is 0 Å². The molecule has 0 N–H and O–H groups in total. The van der Waals surface area contributed by atoms with Crippen LogP contribution >= 0.6 is 0 Å². The van der Waals surface area contributed by atoms with Gasteiger partial charge in [0.05, 0.1) is 0 Å². The lowest BCUT2D eigenvalue weighted by Crippen LogP contribution is -2.11. The Morgan fingerprint density at radius 2 is 0.917 bits per heavy atom. The van der Waals surface area contributed by atoms with E-state index >= 15 is 0 Å². The van der Waals surface area contributed by atoms with Gasteiger partial charge >= 0.3 is 23.9 Å². The zero-order chi connectivity index (χ0) is 27.2. The van der Waals surface area contributed by atoms with E-state index in [1.807, 2.05) is 0 Å². The molecular formula is C24H14F4O8. The number of carbonyl (C=O) groups excluding carboxylic acids is 4. The summed E-state index contributed by atoms with van der Waals surface area (Å²) in [5.74, 6) is -13.8. The monoisotopic (exact) mass is 506 g/mol. The molecule has 0 saturated carbocycles. The molecule has 8 nitrogen and oxygen atoms in total. The van der Waals surface area contributed by atoms with Crippen LogP contribution in [0.3, 0.4) is 0 Å². The fraction of sp³-hybridized carbons (Fsp3) is 0. The van der Waals surface area contributed by atoms with E-state index in [0.29, 0.717) is 0 Å². The van der Waals surface area contributed by atoms with Crippen LogP contribution in [-0.2, 0) is 19.2 Å². The number of halogens is 4. The molecule has 0 atom stereocenters. The lowest BCUT2D eigenvalue weighted by atomic mass is 10.0. The van der Waals surface area contributed by atoms with Crippen LogP contribution in [0.25, 0.3) is 11.1 Å². The minimum atomic E-state index is -1.56. The number of hydrogen-bond donors (Lipinski definition) is 0. The Bertz CT molecular complexity index is 1280. The number of rotatable bonds is 9. The van der Waals surface area contributed by atoms with Gasteiger partial charge in [-0.25, -0.2) is 19.2 Å². The molecule has 0 saturated heterocycles. The van der Waals surface area contributed by atoms with Gasteiger partial charge in [-0.05, 0) is 29.8 Å². The fourth-order valence-corrected chi connectivity index (χ4v) is 2.38. The van der Waals surface area contributed by atoms with Crippen LogP contribution in [0.1, 0.15) is 0 Å². The van der Waals surface area contributed by atoms with Gasteiger partial charge in [-0.3, -0.25) is 0 Å². The molecule has 0 unspecified atom stereocenters. The third-order valence-electron chi connectivity index (χ3n) is 3.86. The molecule has 0 aliphatic carbocycles. The first-order valence-electron chi connectivity index (χ1n) is 9.34. The number of esters is 4. The molecule has 0 fully saturated rings. The van der Waals surface area contributed by atoms with E-state index in [2.05, 4.69) is 26.3 Å². The molecule has 2 aromatic rings. The Balaban J connectivity index is 2.67. The van der Waals surface area contributed by atoms with Crippen molar-refractivity contribution in [3.05, 3.63) is 86.0 Å². The molecule has 0 heterocycles. The Kier molecular flexibility index (Phi) is 8.64. The highest BCUT2D eigenvalue weighted by atomic mass is 19.1. The second kappa shape index (κ2) is 11.4. The van der Waals surface area contributed by atoms with Crippen molar-refractivity contribution in [2.45, 2.75) is 0 Å². The van der Waals surface area contributed by atoms with E-state index in [1.165, 1.54) is 0 Å². The van der Waals surface area contributed by atoms with Crippen molar-refractivity contribution in [1.82, 2.24) is 0 Å². The van der Waals surface area contributed by atoms with Gasteiger partial charge < -0.3 is 18.9 Å². The first-order chi connectivity index (χ1) is 16.8. The number of carbonyl (C=O) groups is 4. The van der Waals surface area contributed by atoms with Gasteiger partial charge in [0.1, 0.15) is 23.0 Å². The van der Waals surface area contributed by atoms with Gasteiger partial charge in [0.25, 0.3) is 0 Å². The Morgan fingerprint density at radius 1 is 0.528 bits per heavy atom. The molecule has 0 aliphatic heterocycles. The smallest absolute Gasteiger partial charge is 0.371 e. The topological polar surface area (TPSA) is 105 Å². The van der Waals surface area contributed by atoms with E-state index in [-0.39, 0.29) is 16.9 Å². The van der Waals surface area contributed by atoms with Crippen LogP contribution in [0.15, 0.2) is 86.0 Å². The zero-order valence-electron chi connectivity index (χ0n) is 18.1. The van der Waals surface area contributed by atoms with Gasteiger partial charge in [0.15, 0.2) is 0 Å². The van der Waals surface area contributed by atoms with E-state index in [1.54, 1.807) is 0 Å². The molecule has 0 spiro atoms. The molecule has 0 aromatic heterocycles. The first-order valence-corrected chi connectivity index (χ1v) is 9.34. The largest absolute Gasteiger partial charge is 0.421 e. The van der Waals surface area contributed by atoms with Crippen molar-refractivity contribution in [3.8, 4) is 34.1 Å². The van der Waals surface area contributed by atoms with Crippen molar-refractivity contribution < 1.29 is 55.7 Å². The summed E-state index contributed by atoms with van der Waals surface area (Å²) in [6.45, 7) is 11.1. The minimum Gasteiger partial charge on any atom is -0.421 e. The highest BCUT2D eigenvalue weighted by Crippen LogP contribution is 2.38. The molecule has 2 aromatic carbocycles. The van der Waals surface area contributed by atoms with Crippen LogP contribution in [0.5, 0.6) is 23.0 Å². The number of ether oxygens (including phenoxy) is 4. The normalized spacial score (nSPS) is 10.0. The third kappa shape index (κ3) is 7.25. The summed E-state index contributed by atoms with van der Waals surface area (Å²) >= 11 is 0. The maximum Gasteiger partial charge on any atom is 0.371 e. The number of benzene rings is 2. The minimum absolute atomic E-state index is 0.0860. The van der Waals surface area contributed by atoms with Gasteiger partial charge in [-0.2, -0.15) is 17.6 Å². The van der Waals surface area contributed by atoms with E-state index in [4.69, 9.17) is 18.9 Å². The molecule has 12 heteroatoms. The molecule has 0 aliphatic rings. The van der Waals surface area contributed by atoms with Gasteiger partial charge in [-0.1, -0.05) is 26.3 Å². The molecule has 0 bridgehead atoms. The lowest BCUT2D eigenvalue weighted by Gasteiger charge is -2.14. The van der Waals surface area contributed by atoms with Crippen molar-refractivity contribution in [3.63, 3.8) is 0 Å². The molecule has 0 radical (unpaired) electrons. The Hall–Kier alpha value is -5.00. The summed E-state index contributed by atoms with van der Waals surface area (Å²) in [4.78, 5) is 46.5. The van der Waals surface area contributed by atoms with Crippen LogP contribution < -0.4 is 18.9 Å². The Morgan fingerprint density at radius 3 is 1.33 bits per heavy atom. The van der Waals surface area contributed by atoms with Crippen LogP contribution in [0.4, 0.5) is 17.6 Å². The predicted octanol–water partition coefficient (Wildman–Crippen LogP) is 4.91. The van der Waals surface area contributed by atoms with E-state index in [9.17, 15) is 36.7 Å². The SMILES string of the molecule is C=C(F)C(=O)Oc1cc(OC(=O)C(=C)F)cc(-c2ccc(OC(=O)C(=C)F)cc2OC(=O)C(=C)F)c1. The summed E-state index contributed by atoms with van der Waals surface area (Å²) in [6, 6.07) is 6.14. The van der Waals surface area contributed by atoms with Gasteiger partial charge in [0.2, 0.25) is 23.3 Å². The van der Waals surface area contributed by atoms with Crippen LogP contribution in [-0.4, -0.2) is 23.9 Å². The summed E-state index contributed by atoms with van der Waals surface area (Å²) in [6.07, 6.45) is 0. The third-order valence-corrected chi connectivity index (χ3v) is 3.86. The van der Waals surface area contributed by atoms with E-state index < -0.39 is 64.4 Å². The standard InChI is InChI=1S/C24H14F4O8/c1-11(25)21(29)33-16-5-6-19(20(10-16)36-24(32)14(4)28)15-7-17(34-22(30)12(2)26)9-18(8-15)35-23(31)13(3)27/h5-10H,1-4H2. The molecule has 186 valence electrons. The average Bonchev–Trinajstić information content (AvgIpc) is 2.78. The van der Waals surface area contributed by atoms with E-state index in [0.717, 1.165) is 36.4 Å². The quantitative estimate of drug-likeness (QED) is 0.205. The summed E-state index contributed by atoms with van der Waals surface area (Å²) in [5.41, 5.74) is -0.200. The zero-order valence-corrected chi connectivity index (χ0v) is 18.1. The highest BCUT2D eigenvalue weighted by molar-refractivity contribution is 5.91. The molecule has 36 heavy (non-hydrogen) atoms. The second-order valence-electron chi connectivity index (χ2n) is 6.53. The summed E-state index contributed by atoms with van der Waals surface area (Å²) < 4.78 is 71.6. The predicted molar refractivity (Wildman–Crippen MR) is 115 cm³/mol. The fourth-order valence-electron chi connectivity index (χ4n) is 2.38. The van der Waals surface area contributed by atoms with Gasteiger partial charge in [-0.15, -0.1) is 0 Å². The second-order valence-corrected chi connectivity index (χ2v) is 6.53. The van der Waals surface area contributed by atoms with Gasteiger partial charge in [0, 0.05) is 17.7 Å². The molecular weight excluding hydrogens is 492 g/mol. The number of hydrogen-bond acceptors (Lipinski definition) is 8. The van der Waals surface area contributed by atoms with Crippen molar-refractivity contribution in [2.75, 3.05) is 0 Å². The van der Waals surface area contributed by atoms with Crippen molar-refractivity contribution in [1.29, 1.82) is 0 Å². The first kappa shape index (κ1) is 27.2. The van der Waals surface area contributed by atoms with Crippen LogP contribution in [0.2, 0.25) is 0 Å². The summed E-state index contributed by atoms with van der Waals surface area (Å²) in [7, 11) is 0. The maximum absolute atomic E-state index is 13.3.